The van der Waals surface area contributed by atoms with Crippen molar-refractivity contribution in [2.45, 2.75) is 38.6 Å². The summed E-state index contributed by atoms with van der Waals surface area (Å²) in [6, 6.07) is 9.89. The number of carbonyl (C=O) groups is 2. The lowest BCUT2D eigenvalue weighted by atomic mass is 10.0. The molecule has 176 valence electrons. The lowest BCUT2D eigenvalue weighted by Crippen LogP contribution is -2.35. The van der Waals surface area contributed by atoms with Crippen LogP contribution in [0, 0.1) is 11.3 Å². The van der Waals surface area contributed by atoms with E-state index in [1.807, 2.05) is 47.0 Å². The van der Waals surface area contributed by atoms with E-state index in [0.717, 1.165) is 27.6 Å². The minimum Gasteiger partial charge on any atom is -0.497 e. The van der Waals surface area contributed by atoms with E-state index in [9.17, 15) is 14.9 Å². The van der Waals surface area contributed by atoms with Crippen LogP contribution in [0.2, 0.25) is 0 Å². The highest BCUT2D eigenvalue weighted by Gasteiger charge is 2.27. The molecule has 0 unspecified atom stereocenters. The van der Waals surface area contributed by atoms with Crippen LogP contribution in [-0.2, 0) is 42.4 Å². The van der Waals surface area contributed by atoms with Crippen molar-refractivity contribution in [2.75, 3.05) is 19.0 Å². The Bertz CT molecular complexity index is 1240. The summed E-state index contributed by atoms with van der Waals surface area (Å²) >= 11 is 1.40. The molecule has 0 saturated carbocycles. The number of anilines is 1. The first kappa shape index (κ1) is 23.5. The maximum Gasteiger partial charge on any atom is 0.225 e. The number of nitrogens with zero attached hydrogens (tertiary/aromatic N) is 4. The van der Waals surface area contributed by atoms with E-state index in [0.29, 0.717) is 55.8 Å². The molecule has 1 N–H and O–H groups in total. The minimum atomic E-state index is -0.138. The number of carbonyl (C=O) groups excluding carboxylic acids is 2. The summed E-state index contributed by atoms with van der Waals surface area (Å²) in [5.74, 6) is 1.58. The number of methoxy groups -OCH3 is 1. The zero-order valence-corrected chi connectivity index (χ0v) is 20.2. The number of benzene rings is 1. The van der Waals surface area contributed by atoms with Crippen molar-refractivity contribution < 1.29 is 14.3 Å². The topological polar surface area (TPSA) is 100 Å². The molecule has 3 aromatic rings. The standard InChI is InChI=1S/C25H27N5O3S/c1-29-13-11-27-22(29)7-9-24(32)30-12-10-19-20(15-26)25(34-21(19)16-30)28-23(31)8-6-17-4-3-5-18(14-17)33-2/h3-5,11,13-14H,6-10,12,16H2,1-2H3,(H,28,31). The van der Waals surface area contributed by atoms with Crippen LogP contribution in [0.25, 0.3) is 0 Å². The molecule has 0 bridgehead atoms. The van der Waals surface area contributed by atoms with Crippen LogP contribution in [-0.4, -0.2) is 39.9 Å². The zero-order valence-electron chi connectivity index (χ0n) is 19.3. The minimum absolute atomic E-state index is 0.0735. The van der Waals surface area contributed by atoms with Gasteiger partial charge in [-0.25, -0.2) is 4.98 Å². The fourth-order valence-corrected chi connectivity index (χ4v) is 5.34. The van der Waals surface area contributed by atoms with Crippen LogP contribution in [0.1, 0.15) is 40.2 Å². The third-order valence-corrected chi connectivity index (χ3v) is 7.16. The van der Waals surface area contributed by atoms with Gasteiger partial charge in [0.15, 0.2) is 0 Å². The molecule has 2 aromatic heterocycles. The van der Waals surface area contributed by atoms with Crippen molar-refractivity contribution in [2.24, 2.45) is 7.05 Å². The first-order chi connectivity index (χ1) is 16.5. The summed E-state index contributed by atoms with van der Waals surface area (Å²) < 4.78 is 7.15. The smallest absolute Gasteiger partial charge is 0.225 e. The Balaban J connectivity index is 1.37. The van der Waals surface area contributed by atoms with E-state index >= 15 is 0 Å². The molecular weight excluding hydrogens is 450 g/mol. The van der Waals surface area contributed by atoms with Crippen molar-refractivity contribution >= 4 is 28.2 Å². The summed E-state index contributed by atoms with van der Waals surface area (Å²) in [7, 11) is 3.53. The highest BCUT2D eigenvalue weighted by molar-refractivity contribution is 7.16. The second-order valence-electron chi connectivity index (χ2n) is 8.24. The molecule has 1 aliphatic rings. The van der Waals surface area contributed by atoms with Crippen LogP contribution in [0.4, 0.5) is 5.00 Å². The van der Waals surface area contributed by atoms with Gasteiger partial charge in [0.1, 0.15) is 22.6 Å². The third kappa shape index (κ3) is 5.29. The second kappa shape index (κ2) is 10.5. The van der Waals surface area contributed by atoms with Gasteiger partial charge in [-0.15, -0.1) is 11.3 Å². The highest BCUT2D eigenvalue weighted by atomic mass is 32.1. The van der Waals surface area contributed by atoms with Crippen molar-refractivity contribution in [3.63, 3.8) is 0 Å². The van der Waals surface area contributed by atoms with Gasteiger partial charge in [0.05, 0.1) is 19.2 Å². The Morgan fingerprint density at radius 1 is 1.29 bits per heavy atom. The number of fused-ring (bicyclic) bond motifs is 1. The Labute approximate surface area is 202 Å². The Morgan fingerprint density at radius 3 is 2.88 bits per heavy atom. The number of thiophene rings is 1. The lowest BCUT2D eigenvalue weighted by molar-refractivity contribution is -0.132. The van der Waals surface area contributed by atoms with Gasteiger partial charge in [0.25, 0.3) is 0 Å². The van der Waals surface area contributed by atoms with Gasteiger partial charge in [-0.05, 0) is 36.1 Å². The number of nitriles is 1. The number of hydrogen-bond donors (Lipinski definition) is 1. The predicted molar refractivity (Wildman–Crippen MR) is 130 cm³/mol. The number of amides is 2. The fraction of sp³-hybridized carbons (Fsp3) is 0.360. The first-order valence-electron chi connectivity index (χ1n) is 11.2. The molecule has 0 aliphatic carbocycles. The van der Waals surface area contributed by atoms with E-state index in [2.05, 4.69) is 16.4 Å². The van der Waals surface area contributed by atoms with E-state index < -0.39 is 0 Å². The van der Waals surface area contributed by atoms with Gasteiger partial charge in [-0.1, -0.05) is 12.1 Å². The summed E-state index contributed by atoms with van der Waals surface area (Å²) in [6.07, 6.45) is 6.08. The number of aromatic nitrogens is 2. The van der Waals surface area contributed by atoms with Crippen LogP contribution < -0.4 is 10.1 Å². The molecule has 34 heavy (non-hydrogen) atoms. The predicted octanol–water partition coefficient (Wildman–Crippen LogP) is 3.45. The van der Waals surface area contributed by atoms with Gasteiger partial charge < -0.3 is 19.5 Å². The Morgan fingerprint density at radius 2 is 2.15 bits per heavy atom. The molecule has 8 nitrogen and oxygen atoms in total. The molecule has 0 radical (unpaired) electrons. The van der Waals surface area contributed by atoms with Crippen LogP contribution in [0.5, 0.6) is 5.75 Å². The number of aryl methyl sites for hydroxylation is 3. The molecule has 3 heterocycles. The van der Waals surface area contributed by atoms with Crippen molar-refractivity contribution in [1.82, 2.24) is 14.5 Å². The average molecular weight is 478 g/mol. The van der Waals surface area contributed by atoms with E-state index in [-0.39, 0.29) is 11.8 Å². The summed E-state index contributed by atoms with van der Waals surface area (Å²) in [6.45, 7) is 1.04. The number of hydrogen-bond acceptors (Lipinski definition) is 6. The van der Waals surface area contributed by atoms with Crippen LogP contribution in [0.15, 0.2) is 36.7 Å². The molecule has 9 heteroatoms. The molecular formula is C25H27N5O3S. The monoisotopic (exact) mass is 477 g/mol. The molecule has 0 saturated heterocycles. The molecule has 0 fully saturated rings. The van der Waals surface area contributed by atoms with E-state index in [1.54, 1.807) is 13.3 Å². The maximum atomic E-state index is 12.8. The van der Waals surface area contributed by atoms with Gasteiger partial charge in [0.2, 0.25) is 11.8 Å². The number of ether oxygens (including phenoxy) is 1. The third-order valence-electron chi connectivity index (χ3n) is 6.03. The SMILES string of the molecule is COc1cccc(CCC(=O)Nc2sc3c(c2C#N)CCN(C(=O)CCc2nccn2C)C3)c1. The lowest BCUT2D eigenvalue weighted by Gasteiger charge is -2.27. The van der Waals surface area contributed by atoms with Gasteiger partial charge in [-0.2, -0.15) is 5.26 Å². The first-order valence-corrected chi connectivity index (χ1v) is 12.0. The van der Waals surface area contributed by atoms with Crippen molar-refractivity contribution in [3.8, 4) is 11.8 Å². The number of imidazole rings is 1. The van der Waals surface area contributed by atoms with E-state index in [4.69, 9.17) is 4.74 Å². The van der Waals surface area contributed by atoms with Gasteiger partial charge >= 0.3 is 0 Å². The molecule has 0 atom stereocenters. The fourth-order valence-electron chi connectivity index (χ4n) is 4.11. The quantitative estimate of drug-likeness (QED) is 0.536. The molecule has 2 amide bonds. The number of rotatable bonds is 8. The normalized spacial score (nSPS) is 12.7. The Hall–Kier alpha value is -3.64. The summed E-state index contributed by atoms with van der Waals surface area (Å²) in [4.78, 5) is 32.4. The van der Waals surface area contributed by atoms with Crippen molar-refractivity contribution in [1.29, 1.82) is 5.26 Å². The second-order valence-corrected chi connectivity index (χ2v) is 9.34. The molecule has 1 aromatic carbocycles. The van der Waals surface area contributed by atoms with Crippen LogP contribution >= 0.6 is 11.3 Å². The maximum absolute atomic E-state index is 12.8. The van der Waals surface area contributed by atoms with E-state index in [1.165, 1.54) is 11.3 Å². The Kier molecular flexibility index (Phi) is 7.28. The summed E-state index contributed by atoms with van der Waals surface area (Å²) in [5, 5.41) is 13.2. The molecule has 0 spiro atoms. The van der Waals surface area contributed by atoms with Gasteiger partial charge in [-0.3, -0.25) is 9.59 Å². The summed E-state index contributed by atoms with van der Waals surface area (Å²) in [5.41, 5.74) is 2.48. The van der Waals surface area contributed by atoms with Crippen molar-refractivity contribution in [3.05, 3.63) is 64.1 Å². The highest BCUT2D eigenvalue weighted by Crippen LogP contribution is 2.37. The van der Waals surface area contributed by atoms with Crippen LogP contribution in [0.3, 0.4) is 0 Å². The molecule has 4 rings (SSSR count). The zero-order chi connectivity index (χ0) is 24.1. The van der Waals surface area contributed by atoms with Gasteiger partial charge in [0, 0.05) is 50.1 Å². The molecule has 1 aliphatic heterocycles. The largest absolute Gasteiger partial charge is 0.497 e. The average Bonchev–Trinajstić information content (AvgIpc) is 3.42. The number of nitrogens with one attached hydrogen (secondary N) is 1.